The molecule has 0 heterocycles. The van der Waals surface area contributed by atoms with Gasteiger partial charge in [-0.2, -0.15) is 0 Å². The second kappa shape index (κ2) is 2.08. The van der Waals surface area contributed by atoms with Gasteiger partial charge in [0, 0.05) is 0 Å². The summed E-state index contributed by atoms with van der Waals surface area (Å²) < 4.78 is 45.8. The van der Waals surface area contributed by atoms with Crippen molar-refractivity contribution in [3.63, 3.8) is 0 Å². The molecule has 0 amide bonds. The van der Waals surface area contributed by atoms with E-state index in [1.165, 1.54) is 13.8 Å². The fraction of sp³-hybridized carbons (Fsp3) is 1.00. The molecule has 0 aliphatic heterocycles. The maximum absolute atomic E-state index is 11.5. The summed E-state index contributed by atoms with van der Waals surface area (Å²) in [5.74, 6) is -0.632. The van der Waals surface area contributed by atoms with Crippen molar-refractivity contribution in [1.82, 2.24) is 0 Å². The number of halogens is 4. The van der Waals surface area contributed by atoms with Crippen molar-refractivity contribution in [2.45, 2.75) is 13.8 Å². The quantitative estimate of drug-likeness (QED) is 0.430. The van der Waals surface area contributed by atoms with Gasteiger partial charge in [0.2, 0.25) is 0 Å². The Bertz CT molecular complexity index is 93.6. The van der Waals surface area contributed by atoms with E-state index >= 15 is 0 Å². The van der Waals surface area contributed by atoms with Gasteiger partial charge in [-0.3, -0.25) is 0 Å². The van der Waals surface area contributed by atoms with Crippen LogP contribution in [0.2, 0.25) is 0 Å². The van der Waals surface area contributed by atoms with E-state index in [1.54, 1.807) is 0 Å². The van der Waals surface area contributed by atoms with Crippen LogP contribution in [0.4, 0.5) is 16.8 Å². The number of rotatable bonds is 2. The van der Waals surface area contributed by atoms with Gasteiger partial charge in [0.15, 0.2) is 0 Å². The second-order valence-corrected chi connectivity index (χ2v) is 4.53. The van der Waals surface area contributed by atoms with E-state index in [1.807, 2.05) is 0 Å². The molecule has 0 spiro atoms. The SMILES string of the molecule is CC(C)CP(F)(F)(F)F. The van der Waals surface area contributed by atoms with Gasteiger partial charge in [-0.05, 0) is 0 Å². The average molecular weight is 164 g/mol. The molecule has 0 atom stereocenters. The van der Waals surface area contributed by atoms with E-state index < -0.39 is 19.9 Å². The molecule has 0 N–H and O–H groups in total. The zero-order valence-electron chi connectivity index (χ0n) is 5.24. The van der Waals surface area contributed by atoms with Gasteiger partial charge in [0.1, 0.15) is 0 Å². The van der Waals surface area contributed by atoms with Crippen molar-refractivity contribution < 1.29 is 16.8 Å². The van der Waals surface area contributed by atoms with E-state index in [-0.39, 0.29) is 0 Å². The zero-order valence-corrected chi connectivity index (χ0v) is 6.14. The van der Waals surface area contributed by atoms with Crippen LogP contribution in [0.3, 0.4) is 0 Å². The van der Waals surface area contributed by atoms with Crippen molar-refractivity contribution >= 4 is 7.85 Å². The molecule has 0 bridgehead atoms. The molecule has 0 unspecified atom stereocenters. The topological polar surface area (TPSA) is 0 Å². The number of hydrogen-bond acceptors (Lipinski definition) is 0. The molecule has 0 saturated carbocycles. The van der Waals surface area contributed by atoms with Crippen LogP contribution in [0.25, 0.3) is 0 Å². The summed E-state index contributed by atoms with van der Waals surface area (Å²) in [6.07, 6.45) is -1.24. The molecule has 58 valence electrons. The third-order valence-electron chi connectivity index (χ3n) is 0.641. The Morgan fingerprint density at radius 3 is 1.44 bits per heavy atom. The van der Waals surface area contributed by atoms with Crippen LogP contribution in [0, 0.1) is 5.92 Å². The fourth-order valence-corrected chi connectivity index (χ4v) is 1.66. The van der Waals surface area contributed by atoms with Crippen LogP contribution in [-0.2, 0) is 0 Å². The standard InChI is InChI=1S/C4H9F4P/c1-4(2)3-9(5,6,7)8/h4H,3H2,1-2H3. The summed E-state index contributed by atoms with van der Waals surface area (Å²) >= 11 is 0. The normalized spacial score (nSPS) is 17.4. The maximum atomic E-state index is 11.5. The van der Waals surface area contributed by atoms with Gasteiger partial charge in [-0.25, -0.2) is 0 Å². The Morgan fingerprint density at radius 2 is 1.44 bits per heavy atom. The zero-order chi connectivity index (χ0) is 7.73. The molecule has 0 aromatic carbocycles. The molecule has 0 saturated heterocycles. The first-order chi connectivity index (χ1) is 3.67. The summed E-state index contributed by atoms with van der Waals surface area (Å²) in [6, 6.07) is 0. The molecule has 5 heteroatoms. The Balaban J connectivity index is 3.89. The molecule has 9 heavy (non-hydrogen) atoms. The van der Waals surface area contributed by atoms with Crippen LogP contribution in [0.5, 0.6) is 0 Å². The molecule has 0 aliphatic rings. The van der Waals surface area contributed by atoms with Crippen molar-refractivity contribution in [3.05, 3.63) is 0 Å². The van der Waals surface area contributed by atoms with Gasteiger partial charge in [0.05, 0.1) is 0 Å². The van der Waals surface area contributed by atoms with Gasteiger partial charge in [0.25, 0.3) is 0 Å². The van der Waals surface area contributed by atoms with Crippen molar-refractivity contribution in [2.75, 3.05) is 6.16 Å². The van der Waals surface area contributed by atoms with E-state index in [2.05, 4.69) is 0 Å². The molecular formula is C4H9F4P. The third-order valence-corrected chi connectivity index (χ3v) is 1.92. The predicted molar refractivity (Wildman–Crippen MR) is 31.1 cm³/mol. The molecule has 0 radical (unpaired) electrons. The summed E-state index contributed by atoms with van der Waals surface area (Å²) in [6.45, 7) is 2.69. The summed E-state index contributed by atoms with van der Waals surface area (Å²) in [7, 11) is -7.17. The molecule has 0 aromatic rings. The van der Waals surface area contributed by atoms with Crippen LogP contribution in [-0.4, -0.2) is 6.16 Å². The molecule has 0 nitrogen and oxygen atoms in total. The average Bonchev–Trinajstić information content (AvgIpc) is 1.16. The molecule has 0 aromatic heterocycles. The van der Waals surface area contributed by atoms with Gasteiger partial charge in [-0.1, -0.05) is 0 Å². The first kappa shape index (κ1) is 9.15. The van der Waals surface area contributed by atoms with Gasteiger partial charge in [-0.15, -0.1) is 0 Å². The van der Waals surface area contributed by atoms with Crippen molar-refractivity contribution in [1.29, 1.82) is 0 Å². The van der Waals surface area contributed by atoms with Crippen molar-refractivity contribution in [3.8, 4) is 0 Å². The van der Waals surface area contributed by atoms with Crippen LogP contribution >= 0.6 is 7.85 Å². The Labute approximate surface area is 51.7 Å². The van der Waals surface area contributed by atoms with E-state index in [4.69, 9.17) is 0 Å². The van der Waals surface area contributed by atoms with Crippen LogP contribution in [0.1, 0.15) is 13.8 Å². The van der Waals surface area contributed by atoms with E-state index in [9.17, 15) is 16.8 Å². The van der Waals surface area contributed by atoms with Crippen LogP contribution < -0.4 is 0 Å². The second-order valence-electron chi connectivity index (χ2n) is 2.44. The van der Waals surface area contributed by atoms with Crippen molar-refractivity contribution in [2.24, 2.45) is 5.92 Å². The molecule has 0 rings (SSSR count). The molecular weight excluding hydrogens is 155 g/mol. The summed E-state index contributed by atoms with van der Waals surface area (Å²) in [5.41, 5.74) is 0. The summed E-state index contributed by atoms with van der Waals surface area (Å²) in [4.78, 5) is 0. The van der Waals surface area contributed by atoms with Crippen LogP contribution in [0.15, 0.2) is 0 Å². The predicted octanol–water partition coefficient (Wildman–Crippen LogP) is 3.73. The Hall–Kier alpha value is 0.150. The van der Waals surface area contributed by atoms with E-state index in [0.717, 1.165) is 0 Å². The third kappa shape index (κ3) is 8.15. The summed E-state index contributed by atoms with van der Waals surface area (Å²) in [5, 5.41) is 0. The number of hydrogen-bond donors (Lipinski definition) is 0. The molecule has 0 aliphatic carbocycles. The Kier molecular flexibility index (Phi) is 2.12. The minimum absolute atomic E-state index is 0.632. The monoisotopic (exact) mass is 164 g/mol. The van der Waals surface area contributed by atoms with Gasteiger partial charge < -0.3 is 0 Å². The van der Waals surface area contributed by atoms with Gasteiger partial charge >= 0.3 is 50.6 Å². The first-order valence-corrected chi connectivity index (χ1v) is 4.54. The first-order valence-electron chi connectivity index (χ1n) is 2.56. The molecule has 0 fully saturated rings. The minimum atomic E-state index is -7.17. The Morgan fingerprint density at radius 1 is 1.11 bits per heavy atom. The van der Waals surface area contributed by atoms with E-state index in [0.29, 0.717) is 0 Å². The fourth-order valence-electron chi connectivity index (χ4n) is 0.552.